The van der Waals surface area contributed by atoms with Crippen molar-refractivity contribution in [1.82, 2.24) is 0 Å². The lowest BCUT2D eigenvalue weighted by molar-refractivity contribution is 0.412. The molecule has 0 spiro atoms. The van der Waals surface area contributed by atoms with E-state index in [0.29, 0.717) is 5.02 Å². The zero-order chi connectivity index (χ0) is 19.9. The lowest BCUT2D eigenvalue weighted by atomic mass is 10.0. The van der Waals surface area contributed by atoms with Crippen LogP contribution in [0.2, 0.25) is 30.1 Å². The van der Waals surface area contributed by atoms with Gasteiger partial charge in [-0.25, -0.2) is 0 Å². The van der Waals surface area contributed by atoms with Gasteiger partial charge in [-0.15, -0.1) is 0 Å². The number of phenolic OH excluding ortho intramolecular Hbond substituents is 2. The average Bonchev–Trinajstić information content (AvgIpc) is 2.57. The van der Waals surface area contributed by atoms with Gasteiger partial charge < -0.3 is 14.9 Å². The first-order valence-electron chi connectivity index (χ1n) is 7.21. The molecule has 0 atom stereocenters. The minimum absolute atomic E-state index is 0.00821. The van der Waals surface area contributed by atoms with Crippen molar-refractivity contribution < 1.29 is 14.9 Å². The second-order valence-corrected chi connectivity index (χ2v) is 7.86. The lowest BCUT2D eigenvalue weighted by Crippen LogP contribution is -1.91. The van der Waals surface area contributed by atoms with Gasteiger partial charge in [0.1, 0.15) is 11.5 Å². The Morgan fingerprint density at radius 3 is 1.96 bits per heavy atom. The number of hydrogen-bond donors (Lipinski definition) is 2. The quantitative estimate of drug-likeness (QED) is 0.392. The van der Waals surface area contributed by atoms with Gasteiger partial charge in [0.2, 0.25) is 0 Å². The molecule has 0 heterocycles. The molecule has 0 saturated heterocycles. The Morgan fingerprint density at radius 2 is 1.30 bits per heavy atom. The zero-order valence-corrected chi connectivity index (χ0v) is 17.6. The smallest absolute Gasteiger partial charge is 0.188 e. The summed E-state index contributed by atoms with van der Waals surface area (Å²) < 4.78 is 5.66. The molecular weight excluding hydrogens is 477 g/mol. The molecule has 0 aromatic heterocycles. The molecule has 140 valence electrons. The number of ether oxygens (including phenoxy) is 1. The molecule has 9 heteroatoms. The topological polar surface area (TPSA) is 49.7 Å². The maximum Gasteiger partial charge on any atom is 0.188 e. The van der Waals surface area contributed by atoms with Crippen molar-refractivity contribution in [2.24, 2.45) is 0 Å². The van der Waals surface area contributed by atoms with Crippen LogP contribution in [0.15, 0.2) is 36.4 Å². The molecule has 0 bridgehead atoms. The third kappa shape index (κ3) is 4.14. The minimum atomic E-state index is -0.424. The van der Waals surface area contributed by atoms with Gasteiger partial charge in [0.25, 0.3) is 0 Å². The number of phenols is 2. The molecule has 3 aromatic carbocycles. The highest BCUT2D eigenvalue weighted by Gasteiger charge is 2.23. The molecule has 0 aliphatic carbocycles. The maximum absolute atomic E-state index is 10.8. The summed E-state index contributed by atoms with van der Waals surface area (Å²) in [5.74, 6) is -0.640. The van der Waals surface area contributed by atoms with Gasteiger partial charge >= 0.3 is 0 Å². The van der Waals surface area contributed by atoms with Gasteiger partial charge in [0, 0.05) is 21.2 Å². The molecule has 0 unspecified atom stereocenters. The highest BCUT2D eigenvalue weighted by atomic mass is 35.5. The Morgan fingerprint density at radius 1 is 0.630 bits per heavy atom. The van der Waals surface area contributed by atoms with Crippen molar-refractivity contribution in [2.75, 3.05) is 0 Å². The Hall–Kier alpha value is -1.20. The van der Waals surface area contributed by atoms with E-state index >= 15 is 0 Å². The second-order valence-electron chi connectivity index (χ2n) is 5.35. The zero-order valence-electron chi connectivity index (χ0n) is 13.0. The maximum atomic E-state index is 10.8. The van der Waals surface area contributed by atoms with Crippen molar-refractivity contribution in [1.29, 1.82) is 0 Å². The first-order valence-corrected chi connectivity index (χ1v) is 9.48. The molecule has 0 fully saturated rings. The largest absolute Gasteiger partial charge is 0.506 e. The van der Waals surface area contributed by atoms with Crippen molar-refractivity contribution in [3.8, 4) is 34.1 Å². The predicted octanol–water partition coefficient (Wildman–Crippen LogP) is 8.48. The van der Waals surface area contributed by atoms with E-state index in [1.54, 1.807) is 6.07 Å². The molecule has 3 aromatic rings. The summed E-state index contributed by atoms with van der Waals surface area (Å²) in [4.78, 5) is 0. The van der Waals surface area contributed by atoms with Crippen LogP contribution in [0.3, 0.4) is 0 Å². The van der Waals surface area contributed by atoms with E-state index in [-0.39, 0.29) is 53.5 Å². The molecule has 0 aliphatic heterocycles. The number of hydrogen-bond acceptors (Lipinski definition) is 3. The summed E-state index contributed by atoms with van der Waals surface area (Å²) in [5.41, 5.74) is 0.154. The minimum Gasteiger partial charge on any atom is -0.506 e. The van der Waals surface area contributed by atoms with Gasteiger partial charge in [-0.3, -0.25) is 0 Å². The van der Waals surface area contributed by atoms with Gasteiger partial charge in [-0.1, -0.05) is 69.6 Å². The van der Waals surface area contributed by atoms with Gasteiger partial charge in [0.05, 0.1) is 20.1 Å². The van der Waals surface area contributed by atoms with Crippen molar-refractivity contribution in [3.05, 3.63) is 66.5 Å². The van der Waals surface area contributed by atoms with Crippen LogP contribution in [0.25, 0.3) is 11.1 Å². The standard InChI is InChI=1S/C18H8Cl6O3/c19-7-1-2-14(10(21)4-7)27-18-13(24)6-11(22)15(17(18)26)9-3-8(20)5-12(23)16(9)25/h1-6,25-26H. The van der Waals surface area contributed by atoms with E-state index in [1.165, 1.54) is 30.3 Å². The van der Waals surface area contributed by atoms with Crippen LogP contribution in [-0.4, -0.2) is 10.2 Å². The SMILES string of the molecule is Oc1c(Cl)cc(Cl)cc1-c1c(Cl)cc(Cl)c(Oc2ccc(Cl)cc2Cl)c1O. The molecule has 3 nitrogen and oxygen atoms in total. The highest BCUT2D eigenvalue weighted by Crippen LogP contribution is 2.52. The predicted molar refractivity (Wildman–Crippen MR) is 112 cm³/mol. The number of halogens is 6. The van der Waals surface area contributed by atoms with Crippen molar-refractivity contribution in [2.45, 2.75) is 0 Å². The lowest BCUT2D eigenvalue weighted by Gasteiger charge is -2.16. The second kappa shape index (κ2) is 8.04. The van der Waals surface area contributed by atoms with E-state index in [1.807, 2.05) is 0 Å². The summed E-state index contributed by atoms with van der Waals surface area (Å²) in [6, 6.07) is 8.66. The van der Waals surface area contributed by atoms with Crippen LogP contribution >= 0.6 is 69.6 Å². The molecule has 2 N–H and O–H groups in total. The van der Waals surface area contributed by atoms with Crippen LogP contribution < -0.4 is 4.74 Å². The summed E-state index contributed by atoms with van der Waals surface area (Å²) in [7, 11) is 0. The number of rotatable bonds is 3. The van der Waals surface area contributed by atoms with Crippen molar-refractivity contribution >= 4 is 69.6 Å². The molecule has 0 amide bonds. The van der Waals surface area contributed by atoms with Crippen LogP contribution in [-0.2, 0) is 0 Å². The summed E-state index contributed by atoms with van der Waals surface area (Å²) >= 11 is 36.4. The van der Waals surface area contributed by atoms with Crippen LogP contribution in [0.1, 0.15) is 0 Å². The van der Waals surface area contributed by atoms with Crippen LogP contribution in [0.5, 0.6) is 23.0 Å². The number of aromatic hydroxyl groups is 2. The van der Waals surface area contributed by atoms with E-state index in [2.05, 4.69) is 0 Å². The Bertz CT molecular complexity index is 1050. The summed E-state index contributed by atoms with van der Waals surface area (Å²) in [5, 5.41) is 22.0. The Labute approximate surface area is 184 Å². The summed E-state index contributed by atoms with van der Waals surface area (Å²) in [6.07, 6.45) is 0. The fraction of sp³-hybridized carbons (Fsp3) is 0. The summed E-state index contributed by atoms with van der Waals surface area (Å²) in [6.45, 7) is 0. The van der Waals surface area contributed by atoms with E-state index < -0.39 is 5.75 Å². The third-order valence-corrected chi connectivity index (χ3v) is 5.18. The first-order chi connectivity index (χ1) is 12.7. The molecule has 3 rings (SSSR count). The average molecular weight is 485 g/mol. The fourth-order valence-corrected chi connectivity index (χ4v) is 3.90. The van der Waals surface area contributed by atoms with Gasteiger partial charge in [-0.05, 0) is 36.4 Å². The molecule has 0 aliphatic rings. The van der Waals surface area contributed by atoms with E-state index in [0.717, 1.165) is 0 Å². The monoisotopic (exact) mass is 482 g/mol. The molecular formula is C18H8Cl6O3. The van der Waals surface area contributed by atoms with E-state index in [9.17, 15) is 10.2 Å². The normalized spacial score (nSPS) is 10.9. The first kappa shape index (κ1) is 20.5. The fourth-order valence-electron chi connectivity index (χ4n) is 2.37. The van der Waals surface area contributed by atoms with Gasteiger partial charge in [0.15, 0.2) is 11.5 Å². The van der Waals surface area contributed by atoms with Gasteiger partial charge in [-0.2, -0.15) is 0 Å². The molecule has 0 saturated carbocycles. The Balaban J connectivity index is 2.20. The van der Waals surface area contributed by atoms with Crippen molar-refractivity contribution in [3.63, 3.8) is 0 Å². The van der Waals surface area contributed by atoms with E-state index in [4.69, 9.17) is 74.3 Å². The molecule has 27 heavy (non-hydrogen) atoms. The van der Waals surface area contributed by atoms with Crippen LogP contribution in [0, 0.1) is 0 Å². The third-order valence-electron chi connectivity index (χ3n) is 3.56. The Kier molecular flexibility index (Phi) is 6.11. The number of benzene rings is 3. The van der Waals surface area contributed by atoms with Crippen LogP contribution in [0.4, 0.5) is 0 Å². The highest BCUT2D eigenvalue weighted by molar-refractivity contribution is 6.39. The molecule has 0 radical (unpaired) electrons.